The molecule has 0 aliphatic rings. The third-order valence-electron chi connectivity index (χ3n) is 8.04. The lowest BCUT2D eigenvalue weighted by Crippen LogP contribution is -2.03. The number of methoxy groups -OCH3 is 2. The van der Waals surface area contributed by atoms with Crippen LogP contribution in [-0.2, 0) is 0 Å². The number of halogens is 3. The Morgan fingerprint density at radius 2 is 0.981 bits per heavy atom. The molecule has 0 saturated carbocycles. The molecular formula is C38H29BBrCl2N6O4. The van der Waals surface area contributed by atoms with E-state index in [0.717, 1.165) is 48.7 Å². The standard InChI is InChI=1S/C19H14ClN3O.C15H12BO3.C4H3BrClN3/c1-24-18-14-9-5-3-7-12(14)11-6-2-4-8-13(11)16(18)17-19(21)22-10-15(20)23-17;1-18-14-12-8-4-2-6-10(12)11-7-3-5-9-13(11)15(14)19-16-17;5-3-4(7)8-1-2(6)9-3/h2-10H,1H3,(H2,21,22);2-9,17H,1H3;1H,(H2,7,8). The van der Waals surface area contributed by atoms with Crippen LogP contribution in [0.15, 0.2) is 114 Å². The molecular weight excluding hydrogens is 766 g/mol. The Labute approximate surface area is 317 Å². The van der Waals surface area contributed by atoms with Crippen LogP contribution in [0.3, 0.4) is 0 Å². The van der Waals surface area contributed by atoms with Gasteiger partial charge < -0.3 is 30.6 Å². The van der Waals surface area contributed by atoms with Crippen molar-refractivity contribution in [3.63, 3.8) is 0 Å². The third kappa shape index (κ3) is 7.32. The summed E-state index contributed by atoms with van der Waals surface area (Å²) < 4.78 is 16.9. The van der Waals surface area contributed by atoms with Gasteiger partial charge in [0.2, 0.25) is 0 Å². The number of ether oxygens (including phenoxy) is 2. The van der Waals surface area contributed by atoms with Crippen LogP contribution in [0.5, 0.6) is 17.2 Å². The number of hydrogen-bond donors (Lipinski definition) is 3. The van der Waals surface area contributed by atoms with E-state index in [2.05, 4.69) is 48.0 Å². The van der Waals surface area contributed by atoms with Gasteiger partial charge >= 0.3 is 7.69 Å². The molecule has 0 saturated heterocycles. The molecule has 8 aromatic rings. The normalized spacial score (nSPS) is 10.7. The first-order chi connectivity index (χ1) is 25.3. The van der Waals surface area contributed by atoms with Crippen molar-refractivity contribution in [1.82, 2.24) is 19.9 Å². The van der Waals surface area contributed by atoms with Gasteiger partial charge in [0.1, 0.15) is 32.2 Å². The predicted octanol–water partition coefficient (Wildman–Crippen LogP) is 9.08. The van der Waals surface area contributed by atoms with Crippen molar-refractivity contribution >= 4 is 102 Å². The lowest BCUT2D eigenvalue weighted by Gasteiger charge is -2.16. The number of nitrogens with zero attached hydrogens (tertiary/aromatic N) is 4. The Bertz CT molecular complexity index is 2560. The summed E-state index contributed by atoms with van der Waals surface area (Å²) in [4.78, 5) is 16.0. The molecule has 8 rings (SSSR count). The Hall–Kier alpha value is -5.40. The number of rotatable bonds is 5. The van der Waals surface area contributed by atoms with Crippen molar-refractivity contribution < 1.29 is 19.2 Å². The largest absolute Gasteiger partial charge is 0.569 e. The van der Waals surface area contributed by atoms with Gasteiger partial charge in [-0.25, -0.2) is 19.9 Å². The van der Waals surface area contributed by atoms with Crippen LogP contribution in [0.25, 0.3) is 54.3 Å². The fraction of sp³-hybridized carbons (Fsp3) is 0.0526. The smallest absolute Gasteiger partial charge is 0.534 e. The average molecular weight is 795 g/mol. The van der Waals surface area contributed by atoms with E-state index < -0.39 is 0 Å². The fourth-order valence-corrected chi connectivity index (χ4v) is 6.58. The number of benzene rings is 6. The van der Waals surface area contributed by atoms with Gasteiger partial charge in [-0.2, -0.15) is 0 Å². The number of anilines is 2. The van der Waals surface area contributed by atoms with E-state index in [0.29, 0.717) is 57.2 Å². The molecule has 0 amide bonds. The first kappa shape index (κ1) is 36.4. The quantitative estimate of drug-likeness (QED) is 0.114. The Morgan fingerprint density at radius 3 is 1.44 bits per heavy atom. The maximum Gasteiger partial charge on any atom is 0.569 e. The van der Waals surface area contributed by atoms with Crippen LogP contribution in [0.1, 0.15) is 0 Å². The molecule has 0 aliphatic heterocycles. The van der Waals surface area contributed by atoms with Gasteiger partial charge in [0.15, 0.2) is 17.3 Å². The minimum absolute atomic E-state index is 0.290. The molecule has 10 nitrogen and oxygen atoms in total. The van der Waals surface area contributed by atoms with Gasteiger partial charge in [-0.15, -0.1) is 0 Å². The SMILES string of the molecule is COc1c(-c2nc(Cl)cnc2N)c2ccccc2c2ccccc12.COc1c(O[B]O)c2ccccc2c2ccccc12.Nc1ncc(Cl)nc1Br. The second kappa shape index (κ2) is 16.3. The highest BCUT2D eigenvalue weighted by Crippen LogP contribution is 2.45. The maximum absolute atomic E-state index is 8.97. The van der Waals surface area contributed by atoms with E-state index in [-0.39, 0.29) is 0 Å². The first-order valence-electron chi connectivity index (χ1n) is 15.6. The van der Waals surface area contributed by atoms with Crippen molar-refractivity contribution in [3.05, 3.63) is 124 Å². The van der Waals surface area contributed by atoms with E-state index >= 15 is 0 Å². The highest BCUT2D eigenvalue weighted by atomic mass is 79.9. The molecule has 0 fully saturated rings. The molecule has 1 radical (unpaired) electrons. The maximum atomic E-state index is 8.97. The summed E-state index contributed by atoms with van der Waals surface area (Å²) in [5.41, 5.74) is 12.7. The van der Waals surface area contributed by atoms with Crippen molar-refractivity contribution in [2.24, 2.45) is 0 Å². The summed E-state index contributed by atoms with van der Waals surface area (Å²) in [6.07, 6.45) is 2.83. The molecule has 0 spiro atoms. The predicted molar refractivity (Wildman–Crippen MR) is 214 cm³/mol. The van der Waals surface area contributed by atoms with E-state index in [4.69, 9.17) is 53.8 Å². The lowest BCUT2D eigenvalue weighted by molar-refractivity contribution is 0.388. The van der Waals surface area contributed by atoms with E-state index in [9.17, 15) is 0 Å². The molecule has 0 unspecified atom stereocenters. The molecule has 2 heterocycles. The zero-order chi connectivity index (χ0) is 36.8. The van der Waals surface area contributed by atoms with Gasteiger partial charge in [0.25, 0.3) is 0 Å². The molecule has 0 aliphatic carbocycles. The van der Waals surface area contributed by atoms with Crippen LogP contribution in [0, 0.1) is 0 Å². The molecule has 14 heteroatoms. The minimum atomic E-state index is 0.290. The number of nitrogen functional groups attached to an aromatic ring is 2. The second-order valence-corrected chi connectivity index (χ2v) is 12.5. The number of nitrogens with two attached hydrogens (primary N) is 2. The van der Waals surface area contributed by atoms with Gasteiger partial charge in [0.05, 0.1) is 32.2 Å². The molecule has 0 atom stereocenters. The highest BCUT2D eigenvalue weighted by Gasteiger charge is 2.20. The van der Waals surface area contributed by atoms with Gasteiger partial charge in [-0.05, 0) is 42.9 Å². The Morgan fingerprint density at radius 1 is 0.577 bits per heavy atom. The zero-order valence-corrected chi connectivity index (χ0v) is 30.8. The van der Waals surface area contributed by atoms with Gasteiger partial charge in [-0.1, -0.05) is 120 Å². The molecule has 0 bridgehead atoms. The number of fused-ring (bicyclic) bond motifs is 6. The van der Waals surface area contributed by atoms with Crippen molar-refractivity contribution in [3.8, 4) is 28.5 Å². The van der Waals surface area contributed by atoms with Crippen molar-refractivity contribution in [2.45, 2.75) is 0 Å². The summed E-state index contributed by atoms with van der Waals surface area (Å²) in [6.45, 7) is 0. The summed E-state index contributed by atoms with van der Waals surface area (Å²) >= 11 is 14.6. The van der Waals surface area contributed by atoms with Crippen LogP contribution in [0.2, 0.25) is 10.3 Å². The van der Waals surface area contributed by atoms with E-state index in [1.54, 1.807) is 14.2 Å². The molecule has 259 valence electrons. The van der Waals surface area contributed by atoms with E-state index in [1.807, 2.05) is 84.9 Å². The molecule has 5 N–H and O–H groups in total. The van der Waals surface area contributed by atoms with Crippen LogP contribution in [-0.4, -0.2) is 46.9 Å². The Balaban J connectivity index is 0.000000147. The highest BCUT2D eigenvalue weighted by molar-refractivity contribution is 9.10. The second-order valence-electron chi connectivity index (χ2n) is 11.0. The summed E-state index contributed by atoms with van der Waals surface area (Å²) in [6, 6.07) is 32.1. The molecule has 52 heavy (non-hydrogen) atoms. The monoisotopic (exact) mass is 793 g/mol. The van der Waals surface area contributed by atoms with Crippen LogP contribution < -0.4 is 25.6 Å². The average Bonchev–Trinajstić information content (AvgIpc) is 3.17. The van der Waals surface area contributed by atoms with Crippen molar-refractivity contribution in [1.29, 1.82) is 0 Å². The number of aromatic nitrogens is 4. The van der Waals surface area contributed by atoms with Crippen molar-refractivity contribution in [2.75, 3.05) is 25.7 Å². The lowest BCUT2D eigenvalue weighted by atomic mass is 9.94. The minimum Gasteiger partial charge on any atom is -0.534 e. The third-order valence-corrected chi connectivity index (χ3v) is 8.99. The summed E-state index contributed by atoms with van der Waals surface area (Å²) in [5, 5.41) is 17.8. The summed E-state index contributed by atoms with van der Waals surface area (Å²) in [7, 11) is 3.92. The topological polar surface area (TPSA) is 152 Å². The zero-order valence-electron chi connectivity index (χ0n) is 27.7. The van der Waals surface area contributed by atoms with Crippen LogP contribution >= 0.6 is 39.1 Å². The summed E-state index contributed by atoms with van der Waals surface area (Å²) in [5.74, 6) is 2.53. The fourth-order valence-electron chi connectivity index (χ4n) is 5.92. The van der Waals surface area contributed by atoms with E-state index in [1.165, 1.54) is 12.4 Å². The molecule has 6 aromatic carbocycles. The first-order valence-corrected chi connectivity index (χ1v) is 17.1. The van der Waals surface area contributed by atoms with Crippen LogP contribution in [0.4, 0.5) is 11.6 Å². The van der Waals surface area contributed by atoms with Gasteiger partial charge in [0, 0.05) is 16.2 Å². The van der Waals surface area contributed by atoms with Gasteiger partial charge in [-0.3, -0.25) is 0 Å². The molecule has 2 aromatic heterocycles. The number of hydrogen-bond acceptors (Lipinski definition) is 10. The Kier molecular flexibility index (Phi) is 11.4.